The molecule has 10 heteroatoms. The minimum atomic E-state index is -0.271. The highest BCUT2D eigenvalue weighted by molar-refractivity contribution is 6.31. The molecule has 1 amide bonds. The second-order valence-electron chi connectivity index (χ2n) is 6.91. The third-order valence-corrected chi connectivity index (χ3v) is 5.10. The standard InChI is InChI=1S/C23H21ClN4O5/c1-30-18-9-7-15(24)12-16(18)25-21(29)13-28-10-4-5-17(28)23-26-22(27-33-23)14-6-8-19(31-2)20(11-14)32-3/h4-12H,13H2,1-3H3,(H,25,29). The molecule has 1 N–H and O–H groups in total. The minimum absolute atomic E-state index is 0.0199. The normalized spacial score (nSPS) is 10.7. The molecule has 4 aromatic rings. The first-order valence-electron chi connectivity index (χ1n) is 9.87. The van der Waals surface area contributed by atoms with Crippen LogP contribution in [0.2, 0.25) is 5.02 Å². The zero-order valence-electron chi connectivity index (χ0n) is 18.2. The number of aromatic nitrogens is 3. The second kappa shape index (κ2) is 9.66. The van der Waals surface area contributed by atoms with E-state index in [-0.39, 0.29) is 18.3 Å². The highest BCUT2D eigenvalue weighted by Crippen LogP contribution is 2.32. The number of benzene rings is 2. The van der Waals surface area contributed by atoms with Crippen LogP contribution in [0, 0.1) is 0 Å². The molecule has 4 rings (SSSR count). The molecule has 0 aliphatic rings. The predicted molar refractivity (Wildman–Crippen MR) is 123 cm³/mol. The quantitative estimate of drug-likeness (QED) is 0.405. The summed E-state index contributed by atoms with van der Waals surface area (Å²) in [6, 6.07) is 13.9. The van der Waals surface area contributed by atoms with Crippen LogP contribution in [0.4, 0.5) is 5.69 Å². The molecule has 2 aromatic heterocycles. The minimum Gasteiger partial charge on any atom is -0.495 e. The Balaban J connectivity index is 1.53. The summed E-state index contributed by atoms with van der Waals surface area (Å²) in [6.45, 7) is 0.0199. The van der Waals surface area contributed by atoms with Crippen molar-refractivity contribution in [1.82, 2.24) is 14.7 Å². The molecular weight excluding hydrogens is 448 g/mol. The Hall–Kier alpha value is -3.98. The van der Waals surface area contributed by atoms with Crippen molar-refractivity contribution in [2.75, 3.05) is 26.6 Å². The van der Waals surface area contributed by atoms with Gasteiger partial charge in [0.2, 0.25) is 11.7 Å². The number of carbonyl (C=O) groups is 1. The van der Waals surface area contributed by atoms with E-state index < -0.39 is 0 Å². The molecule has 33 heavy (non-hydrogen) atoms. The van der Waals surface area contributed by atoms with Gasteiger partial charge in [-0.15, -0.1) is 0 Å². The first-order valence-corrected chi connectivity index (χ1v) is 10.2. The highest BCUT2D eigenvalue weighted by atomic mass is 35.5. The molecule has 2 aromatic carbocycles. The number of halogens is 1. The van der Waals surface area contributed by atoms with Crippen LogP contribution in [0.1, 0.15) is 0 Å². The van der Waals surface area contributed by atoms with Gasteiger partial charge in [0.25, 0.3) is 5.89 Å². The van der Waals surface area contributed by atoms with Gasteiger partial charge in [-0.3, -0.25) is 4.79 Å². The Labute approximate surface area is 194 Å². The Morgan fingerprint density at radius 3 is 2.55 bits per heavy atom. The summed E-state index contributed by atoms with van der Waals surface area (Å²) < 4.78 is 23.0. The van der Waals surface area contributed by atoms with Gasteiger partial charge < -0.3 is 28.6 Å². The number of ether oxygens (including phenoxy) is 3. The van der Waals surface area contributed by atoms with Crippen molar-refractivity contribution in [3.8, 4) is 40.2 Å². The number of nitrogens with zero attached hydrogens (tertiary/aromatic N) is 3. The number of rotatable bonds is 8. The van der Waals surface area contributed by atoms with Gasteiger partial charge in [-0.25, -0.2) is 0 Å². The van der Waals surface area contributed by atoms with Crippen LogP contribution in [-0.2, 0) is 11.3 Å². The zero-order valence-corrected chi connectivity index (χ0v) is 18.9. The Morgan fingerprint density at radius 2 is 1.79 bits per heavy atom. The van der Waals surface area contributed by atoms with Crippen LogP contribution in [0.15, 0.2) is 59.3 Å². The van der Waals surface area contributed by atoms with Gasteiger partial charge in [0.15, 0.2) is 11.5 Å². The number of amides is 1. The first kappa shape index (κ1) is 22.2. The van der Waals surface area contributed by atoms with E-state index in [4.69, 9.17) is 30.3 Å². The van der Waals surface area contributed by atoms with Crippen LogP contribution in [0.3, 0.4) is 0 Å². The third kappa shape index (κ3) is 4.78. The summed E-state index contributed by atoms with van der Waals surface area (Å²) in [4.78, 5) is 17.2. The average Bonchev–Trinajstić information content (AvgIpc) is 3.48. The molecule has 0 atom stereocenters. The van der Waals surface area contributed by atoms with E-state index in [2.05, 4.69) is 15.5 Å². The Morgan fingerprint density at radius 1 is 1.03 bits per heavy atom. The van der Waals surface area contributed by atoms with Gasteiger partial charge in [-0.2, -0.15) is 4.98 Å². The fraction of sp³-hybridized carbons (Fsp3) is 0.174. The summed E-state index contributed by atoms with van der Waals surface area (Å²) in [5.74, 6) is 2.05. The number of anilines is 1. The molecule has 0 saturated heterocycles. The third-order valence-electron chi connectivity index (χ3n) is 4.87. The number of hydrogen-bond donors (Lipinski definition) is 1. The molecule has 0 aliphatic carbocycles. The molecule has 0 bridgehead atoms. The SMILES string of the molecule is COc1ccc(Cl)cc1NC(=O)Cn1cccc1-c1nc(-c2ccc(OC)c(OC)c2)no1. The molecule has 0 saturated carbocycles. The Kier molecular flexibility index (Phi) is 6.50. The van der Waals surface area contributed by atoms with Crippen molar-refractivity contribution in [2.24, 2.45) is 0 Å². The smallest absolute Gasteiger partial charge is 0.274 e. The fourth-order valence-corrected chi connectivity index (χ4v) is 3.46. The molecule has 0 unspecified atom stereocenters. The highest BCUT2D eigenvalue weighted by Gasteiger charge is 2.17. The van der Waals surface area contributed by atoms with E-state index in [1.165, 1.54) is 7.11 Å². The summed E-state index contributed by atoms with van der Waals surface area (Å²) in [7, 11) is 4.64. The lowest BCUT2D eigenvalue weighted by Gasteiger charge is -2.11. The Bertz CT molecular complexity index is 1280. The van der Waals surface area contributed by atoms with Crippen molar-refractivity contribution in [1.29, 1.82) is 0 Å². The van der Waals surface area contributed by atoms with E-state index in [1.54, 1.807) is 73.5 Å². The fourth-order valence-electron chi connectivity index (χ4n) is 3.29. The molecule has 0 spiro atoms. The molecule has 170 valence electrons. The summed E-state index contributed by atoms with van der Waals surface area (Å²) in [5, 5.41) is 7.37. The second-order valence-corrected chi connectivity index (χ2v) is 7.34. The number of hydrogen-bond acceptors (Lipinski definition) is 7. The van der Waals surface area contributed by atoms with Crippen molar-refractivity contribution in [3.05, 3.63) is 59.8 Å². The summed E-state index contributed by atoms with van der Waals surface area (Å²) in [6.07, 6.45) is 1.75. The average molecular weight is 469 g/mol. The summed E-state index contributed by atoms with van der Waals surface area (Å²) >= 11 is 6.04. The first-order chi connectivity index (χ1) is 16.0. The monoisotopic (exact) mass is 468 g/mol. The van der Waals surface area contributed by atoms with E-state index in [1.807, 2.05) is 0 Å². The van der Waals surface area contributed by atoms with Crippen LogP contribution < -0.4 is 19.5 Å². The van der Waals surface area contributed by atoms with Gasteiger partial charge in [-0.05, 0) is 48.5 Å². The van der Waals surface area contributed by atoms with E-state index in [0.717, 1.165) is 0 Å². The molecule has 0 radical (unpaired) electrons. The van der Waals surface area contributed by atoms with Crippen LogP contribution in [-0.4, -0.2) is 41.9 Å². The molecule has 0 aliphatic heterocycles. The van der Waals surface area contributed by atoms with Crippen molar-refractivity contribution >= 4 is 23.2 Å². The maximum absolute atomic E-state index is 12.7. The number of carbonyl (C=O) groups excluding carboxylic acids is 1. The van der Waals surface area contributed by atoms with E-state index in [9.17, 15) is 4.79 Å². The lowest BCUT2D eigenvalue weighted by atomic mass is 10.2. The maximum Gasteiger partial charge on any atom is 0.274 e. The lowest BCUT2D eigenvalue weighted by Crippen LogP contribution is -2.19. The summed E-state index contributed by atoms with van der Waals surface area (Å²) in [5.41, 5.74) is 1.78. The molecule has 0 fully saturated rings. The largest absolute Gasteiger partial charge is 0.495 e. The van der Waals surface area contributed by atoms with Crippen molar-refractivity contribution in [3.63, 3.8) is 0 Å². The zero-order chi connectivity index (χ0) is 23.4. The predicted octanol–water partition coefficient (Wildman–Crippen LogP) is 4.52. The van der Waals surface area contributed by atoms with Gasteiger partial charge in [-0.1, -0.05) is 16.8 Å². The maximum atomic E-state index is 12.7. The van der Waals surface area contributed by atoms with Gasteiger partial charge in [0.1, 0.15) is 18.0 Å². The topological polar surface area (TPSA) is 101 Å². The van der Waals surface area contributed by atoms with Crippen molar-refractivity contribution < 1.29 is 23.5 Å². The van der Waals surface area contributed by atoms with E-state index in [0.29, 0.717) is 45.0 Å². The lowest BCUT2D eigenvalue weighted by molar-refractivity contribution is -0.116. The van der Waals surface area contributed by atoms with Gasteiger partial charge in [0, 0.05) is 16.8 Å². The van der Waals surface area contributed by atoms with Crippen LogP contribution in [0.5, 0.6) is 17.2 Å². The van der Waals surface area contributed by atoms with Gasteiger partial charge in [0.05, 0.1) is 27.0 Å². The number of nitrogens with one attached hydrogen (secondary N) is 1. The molecule has 2 heterocycles. The van der Waals surface area contributed by atoms with E-state index >= 15 is 0 Å². The van der Waals surface area contributed by atoms with Crippen LogP contribution >= 0.6 is 11.6 Å². The molecule has 9 nitrogen and oxygen atoms in total. The number of methoxy groups -OCH3 is 3. The van der Waals surface area contributed by atoms with Crippen molar-refractivity contribution in [2.45, 2.75) is 6.54 Å². The van der Waals surface area contributed by atoms with Crippen LogP contribution in [0.25, 0.3) is 23.0 Å². The molecular formula is C23H21ClN4O5. The van der Waals surface area contributed by atoms with Gasteiger partial charge >= 0.3 is 0 Å².